The molecule has 2 unspecified atom stereocenters. The van der Waals surface area contributed by atoms with E-state index in [4.69, 9.17) is 18.9 Å². The van der Waals surface area contributed by atoms with Crippen molar-refractivity contribution < 1.29 is 18.9 Å². The molecule has 0 spiro atoms. The van der Waals surface area contributed by atoms with Gasteiger partial charge in [0.15, 0.2) is 23.0 Å². The van der Waals surface area contributed by atoms with Gasteiger partial charge in [0.1, 0.15) is 0 Å². The van der Waals surface area contributed by atoms with Crippen molar-refractivity contribution in [2.24, 2.45) is 11.8 Å². The largest absolute Gasteiger partial charge is 0.492 e. The van der Waals surface area contributed by atoms with Crippen LogP contribution in [0.3, 0.4) is 0 Å². The summed E-state index contributed by atoms with van der Waals surface area (Å²) in [5.41, 5.74) is 0. The van der Waals surface area contributed by atoms with E-state index in [-0.39, 0.29) is 0 Å². The first kappa shape index (κ1) is 31.8. The molecule has 3 aromatic heterocycles. The number of unbranched alkanes of at least 4 members (excludes halogenated alkanes) is 2. The van der Waals surface area contributed by atoms with Crippen molar-refractivity contribution in [3.63, 3.8) is 0 Å². The van der Waals surface area contributed by atoms with Gasteiger partial charge < -0.3 is 18.9 Å². The topological polar surface area (TPSA) is 36.9 Å². The quantitative estimate of drug-likeness (QED) is 0.147. The summed E-state index contributed by atoms with van der Waals surface area (Å²) in [6.07, 6.45) is 9.64. The van der Waals surface area contributed by atoms with E-state index < -0.39 is 0 Å². The first-order valence-electron chi connectivity index (χ1n) is 14.6. The standard InChI is InChI=1S/C32H48O4S3/c1-9-13-15-23(11-3)19-35-28-22(6)38-32(30(28)36-20-24(12-4)16-14-10-2)26-18-17-25(39-26)31-29(34-8)27(33-7)21(5)37-31/h17-18,23-24H,9-16,19-20H2,1-8H3. The Labute approximate surface area is 248 Å². The van der Waals surface area contributed by atoms with Crippen molar-refractivity contribution in [3.8, 4) is 42.5 Å². The molecule has 0 fully saturated rings. The first-order chi connectivity index (χ1) is 18.9. The van der Waals surface area contributed by atoms with Crippen LogP contribution in [-0.4, -0.2) is 27.4 Å². The van der Waals surface area contributed by atoms with Gasteiger partial charge in [0, 0.05) is 19.5 Å². The van der Waals surface area contributed by atoms with Crippen molar-refractivity contribution in [2.45, 2.75) is 92.9 Å². The molecule has 3 rings (SSSR count). The lowest BCUT2D eigenvalue weighted by atomic mass is 10.0. The number of rotatable bonds is 18. The lowest BCUT2D eigenvalue weighted by molar-refractivity contribution is 0.200. The molecular weight excluding hydrogens is 545 g/mol. The molecule has 7 heteroatoms. The maximum atomic E-state index is 6.69. The summed E-state index contributed by atoms with van der Waals surface area (Å²) in [4.78, 5) is 6.98. The van der Waals surface area contributed by atoms with Gasteiger partial charge in [-0.3, -0.25) is 0 Å². The van der Waals surface area contributed by atoms with Crippen LogP contribution < -0.4 is 18.9 Å². The Morgan fingerprint density at radius 1 is 0.615 bits per heavy atom. The Hall–Kier alpha value is -1.70. The molecule has 3 heterocycles. The highest BCUT2D eigenvalue weighted by molar-refractivity contribution is 7.27. The minimum Gasteiger partial charge on any atom is -0.492 e. The van der Waals surface area contributed by atoms with E-state index in [9.17, 15) is 0 Å². The number of hydrogen-bond acceptors (Lipinski definition) is 7. The third-order valence-electron chi connectivity index (χ3n) is 7.45. The van der Waals surface area contributed by atoms with Gasteiger partial charge >= 0.3 is 0 Å². The molecular formula is C32H48O4S3. The molecule has 0 saturated heterocycles. The second-order valence-corrected chi connectivity index (χ2v) is 13.9. The summed E-state index contributed by atoms with van der Waals surface area (Å²) in [6, 6.07) is 4.41. The normalized spacial score (nSPS) is 12.9. The summed E-state index contributed by atoms with van der Waals surface area (Å²) in [5.74, 6) is 4.64. The van der Waals surface area contributed by atoms with E-state index in [0.717, 1.165) is 58.8 Å². The minimum absolute atomic E-state index is 0.559. The maximum absolute atomic E-state index is 6.69. The summed E-state index contributed by atoms with van der Waals surface area (Å²) in [6.45, 7) is 14.8. The van der Waals surface area contributed by atoms with Gasteiger partial charge in [0.2, 0.25) is 0 Å². The molecule has 39 heavy (non-hydrogen) atoms. The number of ether oxygens (including phenoxy) is 4. The van der Waals surface area contributed by atoms with Crippen LogP contribution in [0.4, 0.5) is 0 Å². The second kappa shape index (κ2) is 15.9. The summed E-state index contributed by atoms with van der Waals surface area (Å²) >= 11 is 5.29. The third-order valence-corrected chi connectivity index (χ3v) is 11.0. The van der Waals surface area contributed by atoms with Gasteiger partial charge in [-0.25, -0.2) is 0 Å². The van der Waals surface area contributed by atoms with Crippen molar-refractivity contribution in [3.05, 3.63) is 21.9 Å². The lowest BCUT2D eigenvalue weighted by Crippen LogP contribution is -2.14. The molecule has 218 valence electrons. The number of hydrogen-bond donors (Lipinski definition) is 0. The highest BCUT2D eigenvalue weighted by atomic mass is 32.1. The monoisotopic (exact) mass is 592 g/mol. The predicted octanol–water partition coefficient (Wildman–Crippen LogP) is 11.0. The molecule has 0 aliphatic rings. The lowest BCUT2D eigenvalue weighted by Gasteiger charge is -2.19. The van der Waals surface area contributed by atoms with Crippen LogP contribution in [0.1, 0.15) is 88.8 Å². The van der Waals surface area contributed by atoms with Gasteiger partial charge in [0.05, 0.1) is 37.2 Å². The zero-order valence-corrected chi connectivity index (χ0v) is 27.7. The molecule has 0 N–H and O–H groups in total. The number of thiophene rings is 3. The zero-order valence-electron chi connectivity index (χ0n) is 25.2. The van der Waals surface area contributed by atoms with Gasteiger partial charge in [-0.2, -0.15) is 0 Å². The van der Waals surface area contributed by atoms with Crippen LogP contribution in [-0.2, 0) is 0 Å². The molecule has 3 aromatic rings. The fraction of sp³-hybridized carbons (Fsp3) is 0.625. The van der Waals surface area contributed by atoms with Crippen LogP contribution in [0, 0.1) is 25.7 Å². The van der Waals surface area contributed by atoms with E-state index in [1.54, 1.807) is 48.2 Å². The highest BCUT2D eigenvalue weighted by Crippen LogP contribution is 2.54. The molecule has 0 bridgehead atoms. The summed E-state index contributed by atoms with van der Waals surface area (Å²) < 4.78 is 24.7. The van der Waals surface area contributed by atoms with E-state index in [0.29, 0.717) is 11.8 Å². The average Bonchev–Trinajstić information content (AvgIpc) is 3.64. The van der Waals surface area contributed by atoms with Crippen molar-refractivity contribution in [2.75, 3.05) is 27.4 Å². The smallest absolute Gasteiger partial charge is 0.180 e. The summed E-state index contributed by atoms with van der Waals surface area (Å²) in [7, 11) is 3.42. The van der Waals surface area contributed by atoms with Crippen molar-refractivity contribution >= 4 is 34.0 Å². The fourth-order valence-electron chi connectivity index (χ4n) is 4.84. The van der Waals surface area contributed by atoms with Crippen LogP contribution >= 0.6 is 34.0 Å². The molecule has 0 saturated carbocycles. The van der Waals surface area contributed by atoms with Crippen molar-refractivity contribution in [1.82, 2.24) is 0 Å². The molecule has 2 atom stereocenters. The van der Waals surface area contributed by atoms with E-state index in [2.05, 4.69) is 53.7 Å². The molecule has 0 radical (unpaired) electrons. The average molecular weight is 593 g/mol. The Kier molecular flexibility index (Phi) is 13.0. The summed E-state index contributed by atoms with van der Waals surface area (Å²) in [5, 5.41) is 0. The third kappa shape index (κ3) is 7.95. The molecule has 4 nitrogen and oxygen atoms in total. The Morgan fingerprint density at radius 2 is 1.08 bits per heavy atom. The zero-order chi connectivity index (χ0) is 28.4. The van der Waals surface area contributed by atoms with E-state index >= 15 is 0 Å². The number of aryl methyl sites for hydroxylation is 2. The molecule has 0 aliphatic heterocycles. The van der Waals surface area contributed by atoms with Gasteiger partial charge in [-0.05, 0) is 50.7 Å². The SMILES string of the molecule is CCCCC(CC)COc1c(C)sc(-c2ccc(-c3sc(C)c(OC)c3OC)s2)c1OCC(CC)CCCC. The Bertz CT molecular complexity index is 1140. The van der Waals surface area contributed by atoms with E-state index in [1.807, 2.05) is 0 Å². The highest BCUT2D eigenvalue weighted by Gasteiger charge is 2.25. The molecule has 0 aliphatic carbocycles. The molecule has 0 amide bonds. The Morgan fingerprint density at radius 3 is 1.54 bits per heavy atom. The van der Waals surface area contributed by atoms with Gasteiger partial charge in [-0.1, -0.05) is 66.2 Å². The van der Waals surface area contributed by atoms with Crippen LogP contribution in [0.2, 0.25) is 0 Å². The first-order valence-corrected chi connectivity index (χ1v) is 17.1. The number of methoxy groups -OCH3 is 2. The van der Waals surface area contributed by atoms with E-state index in [1.165, 1.54) is 58.0 Å². The van der Waals surface area contributed by atoms with Crippen LogP contribution in [0.5, 0.6) is 23.0 Å². The van der Waals surface area contributed by atoms with Gasteiger partial charge in [-0.15, -0.1) is 34.0 Å². The Balaban J connectivity index is 1.95. The van der Waals surface area contributed by atoms with Crippen LogP contribution in [0.15, 0.2) is 12.1 Å². The molecule has 0 aromatic carbocycles. The maximum Gasteiger partial charge on any atom is 0.180 e. The van der Waals surface area contributed by atoms with Crippen molar-refractivity contribution in [1.29, 1.82) is 0 Å². The fourth-order valence-corrected chi connectivity index (χ4v) is 8.20. The minimum atomic E-state index is 0.559. The van der Waals surface area contributed by atoms with Gasteiger partial charge in [0.25, 0.3) is 0 Å². The van der Waals surface area contributed by atoms with Crippen LogP contribution in [0.25, 0.3) is 19.5 Å². The second-order valence-electron chi connectivity index (χ2n) is 10.3. The predicted molar refractivity (Wildman–Crippen MR) is 171 cm³/mol.